The number of rotatable bonds is 7. The van der Waals surface area contributed by atoms with Crippen molar-refractivity contribution in [2.75, 3.05) is 7.05 Å². The van der Waals surface area contributed by atoms with E-state index in [0.717, 1.165) is 0 Å². The van der Waals surface area contributed by atoms with Gasteiger partial charge in [-0.2, -0.15) is 0 Å². The second kappa shape index (κ2) is 8.86. The summed E-state index contributed by atoms with van der Waals surface area (Å²) < 4.78 is 0. The fourth-order valence-corrected chi connectivity index (χ4v) is 4.75. The smallest absolute Gasteiger partial charge is 0.0577 e. The van der Waals surface area contributed by atoms with Crippen molar-refractivity contribution in [2.45, 2.75) is 70.8 Å². The van der Waals surface area contributed by atoms with E-state index in [1.165, 1.54) is 61.6 Å². The topological polar surface area (TPSA) is 12.0 Å². The molecule has 0 radical (unpaired) electrons. The highest BCUT2D eigenvalue weighted by atomic mass is 14.9. The number of hydrogen-bond donors (Lipinski definition) is 1. The molecule has 2 aromatic carbocycles. The Kier molecular flexibility index (Phi) is 6.53. The van der Waals surface area contributed by atoms with E-state index < -0.39 is 0 Å². The minimum absolute atomic E-state index is 0.264. The second-order valence-electron chi connectivity index (χ2n) is 8.57. The summed E-state index contributed by atoms with van der Waals surface area (Å²) in [6, 6.07) is 20.1. The predicted octanol–water partition coefficient (Wildman–Crippen LogP) is 6.85. The van der Waals surface area contributed by atoms with E-state index >= 15 is 0 Å². The lowest BCUT2D eigenvalue weighted by Crippen LogP contribution is -2.22. The Labute approximate surface area is 160 Å². The molecule has 1 nitrogen and oxygen atoms in total. The van der Waals surface area contributed by atoms with Crippen LogP contribution in [0.25, 0.3) is 0 Å². The Morgan fingerprint density at radius 1 is 0.885 bits per heavy atom. The quantitative estimate of drug-likeness (QED) is 0.576. The van der Waals surface area contributed by atoms with Crippen molar-refractivity contribution < 1.29 is 0 Å². The van der Waals surface area contributed by atoms with Crippen LogP contribution < -0.4 is 5.32 Å². The number of hydrogen-bond acceptors (Lipinski definition) is 1. The minimum Gasteiger partial charge on any atom is -0.309 e. The highest BCUT2D eigenvalue weighted by Crippen LogP contribution is 2.42. The predicted molar refractivity (Wildman–Crippen MR) is 113 cm³/mol. The maximum absolute atomic E-state index is 3.54. The molecule has 1 heteroatoms. The molecule has 1 fully saturated rings. The van der Waals surface area contributed by atoms with Crippen molar-refractivity contribution in [1.29, 1.82) is 0 Å². The van der Waals surface area contributed by atoms with E-state index in [1.807, 2.05) is 0 Å². The van der Waals surface area contributed by atoms with Gasteiger partial charge in [-0.1, -0.05) is 87.7 Å². The van der Waals surface area contributed by atoms with Crippen molar-refractivity contribution >= 4 is 0 Å². The summed E-state index contributed by atoms with van der Waals surface area (Å²) in [5.74, 6) is 0.601. The Bertz CT molecular complexity index is 670. The lowest BCUT2D eigenvalue weighted by atomic mass is 9.71. The maximum atomic E-state index is 3.54. The van der Waals surface area contributed by atoms with Crippen LogP contribution in [0.3, 0.4) is 0 Å². The Morgan fingerprint density at radius 3 is 2.15 bits per heavy atom. The normalized spacial score (nSPS) is 19.0. The van der Waals surface area contributed by atoms with Crippen molar-refractivity contribution in [3.8, 4) is 0 Å². The van der Waals surface area contributed by atoms with E-state index in [9.17, 15) is 0 Å². The molecule has 0 amide bonds. The maximum Gasteiger partial charge on any atom is 0.0577 e. The molecule has 0 aromatic heterocycles. The molecule has 26 heavy (non-hydrogen) atoms. The number of benzene rings is 2. The summed E-state index contributed by atoms with van der Waals surface area (Å²) in [5.41, 5.74) is 4.86. The zero-order chi connectivity index (χ0) is 18.4. The average Bonchev–Trinajstić information content (AvgIpc) is 2.69. The molecule has 140 valence electrons. The van der Waals surface area contributed by atoms with Gasteiger partial charge < -0.3 is 5.32 Å². The van der Waals surface area contributed by atoms with Gasteiger partial charge in [-0.15, -0.1) is 0 Å². The summed E-state index contributed by atoms with van der Waals surface area (Å²) in [6.07, 6.45) is 9.79. The minimum atomic E-state index is 0.264. The van der Waals surface area contributed by atoms with Crippen molar-refractivity contribution in [3.05, 3.63) is 71.3 Å². The molecular weight excluding hydrogens is 314 g/mol. The Morgan fingerprint density at radius 2 is 1.50 bits per heavy atom. The van der Waals surface area contributed by atoms with Gasteiger partial charge in [0.2, 0.25) is 0 Å². The second-order valence-corrected chi connectivity index (χ2v) is 8.57. The fraction of sp³-hybridized carbons (Fsp3) is 0.520. The molecular formula is C25H35N. The van der Waals surface area contributed by atoms with Gasteiger partial charge >= 0.3 is 0 Å². The van der Waals surface area contributed by atoms with Gasteiger partial charge in [0.05, 0.1) is 6.04 Å². The van der Waals surface area contributed by atoms with Gasteiger partial charge in [-0.3, -0.25) is 0 Å². The highest BCUT2D eigenvalue weighted by Gasteiger charge is 2.27. The molecule has 3 rings (SSSR count). The summed E-state index contributed by atoms with van der Waals surface area (Å²) in [4.78, 5) is 0. The molecule has 1 aliphatic carbocycles. The van der Waals surface area contributed by atoms with Crippen LogP contribution in [0.1, 0.15) is 87.4 Å². The van der Waals surface area contributed by atoms with E-state index in [2.05, 4.69) is 80.8 Å². The largest absolute Gasteiger partial charge is 0.309 e. The zero-order valence-electron chi connectivity index (χ0n) is 16.8. The summed E-state index contributed by atoms with van der Waals surface area (Å²) in [6.45, 7) is 4.94. The standard InChI is InChI=1S/C25H35N/c1-20(16-19-25(2)17-10-5-11-18-25)22-14-8-9-15-23(22)24(26-3)21-12-6-4-7-13-21/h4,6-9,12-15,20,24,26H,5,10-11,16-19H2,1-3H3. The molecule has 0 heterocycles. The Balaban J connectivity index is 1.77. The van der Waals surface area contributed by atoms with E-state index in [-0.39, 0.29) is 6.04 Å². The van der Waals surface area contributed by atoms with E-state index in [1.54, 1.807) is 0 Å². The SMILES string of the molecule is CNC(c1ccccc1)c1ccccc1C(C)CCC1(C)CCCCC1. The van der Waals surface area contributed by atoms with Crippen LogP contribution in [-0.4, -0.2) is 7.05 Å². The third kappa shape index (κ3) is 4.57. The lowest BCUT2D eigenvalue weighted by Gasteiger charge is -2.35. The van der Waals surface area contributed by atoms with Gasteiger partial charge in [0.25, 0.3) is 0 Å². The summed E-state index contributed by atoms with van der Waals surface area (Å²) >= 11 is 0. The first kappa shape index (κ1) is 19.2. The molecule has 1 aliphatic rings. The van der Waals surface area contributed by atoms with Crippen LogP contribution in [0.15, 0.2) is 54.6 Å². The van der Waals surface area contributed by atoms with E-state index in [4.69, 9.17) is 0 Å². The number of nitrogens with one attached hydrogen (secondary N) is 1. The first-order valence-electron chi connectivity index (χ1n) is 10.4. The molecule has 0 bridgehead atoms. The molecule has 1 N–H and O–H groups in total. The lowest BCUT2D eigenvalue weighted by molar-refractivity contribution is 0.190. The Hall–Kier alpha value is -1.60. The third-order valence-electron chi connectivity index (χ3n) is 6.50. The van der Waals surface area contributed by atoms with Crippen LogP contribution in [0.2, 0.25) is 0 Å². The zero-order valence-corrected chi connectivity index (χ0v) is 16.8. The van der Waals surface area contributed by atoms with Gasteiger partial charge in [0.15, 0.2) is 0 Å². The summed E-state index contributed by atoms with van der Waals surface area (Å²) in [7, 11) is 2.07. The highest BCUT2D eigenvalue weighted by molar-refractivity contribution is 5.39. The van der Waals surface area contributed by atoms with Gasteiger partial charge in [0, 0.05) is 0 Å². The molecule has 0 aliphatic heterocycles. The van der Waals surface area contributed by atoms with Crippen molar-refractivity contribution in [1.82, 2.24) is 5.32 Å². The molecule has 0 spiro atoms. The van der Waals surface area contributed by atoms with Gasteiger partial charge in [-0.25, -0.2) is 0 Å². The molecule has 2 unspecified atom stereocenters. The first-order chi connectivity index (χ1) is 12.6. The fourth-order valence-electron chi connectivity index (χ4n) is 4.75. The summed E-state index contributed by atoms with van der Waals surface area (Å²) in [5, 5.41) is 3.54. The van der Waals surface area contributed by atoms with Crippen LogP contribution in [0.4, 0.5) is 0 Å². The molecule has 0 saturated heterocycles. The average molecular weight is 350 g/mol. The van der Waals surface area contributed by atoms with Crippen LogP contribution in [0, 0.1) is 5.41 Å². The van der Waals surface area contributed by atoms with Crippen LogP contribution in [0.5, 0.6) is 0 Å². The van der Waals surface area contributed by atoms with Crippen molar-refractivity contribution in [3.63, 3.8) is 0 Å². The monoisotopic (exact) mass is 349 g/mol. The molecule has 2 aromatic rings. The van der Waals surface area contributed by atoms with Crippen LogP contribution in [-0.2, 0) is 0 Å². The molecule has 2 atom stereocenters. The first-order valence-corrected chi connectivity index (χ1v) is 10.4. The third-order valence-corrected chi connectivity index (χ3v) is 6.50. The van der Waals surface area contributed by atoms with Gasteiger partial charge in [-0.05, 0) is 60.8 Å². The van der Waals surface area contributed by atoms with E-state index in [0.29, 0.717) is 11.3 Å². The van der Waals surface area contributed by atoms with Gasteiger partial charge in [0.1, 0.15) is 0 Å². The molecule has 1 saturated carbocycles. The van der Waals surface area contributed by atoms with Crippen LogP contribution >= 0.6 is 0 Å². The van der Waals surface area contributed by atoms with Crippen molar-refractivity contribution in [2.24, 2.45) is 5.41 Å².